The van der Waals surface area contributed by atoms with E-state index in [4.69, 9.17) is 4.42 Å². The molecule has 0 radical (unpaired) electrons. The summed E-state index contributed by atoms with van der Waals surface area (Å²) in [4.78, 5) is 2.04. The lowest BCUT2D eigenvalue weighted by Crippen LogP contribution is -2.46. The van der Waals surface area contributed by atoms with Crippen LogP contribution in [-0.2, 0) is 6.42 Å². The maximum absolute atomic E-state index is 14.4. The standard InChI is InChI=1S/C21H25FN2O/c1-3-5-20-16(12-14-8-9-14)15-6-4-7-19(21(15)25-20)23-18-10-11-24(2)13-17(18)22/h4,6-7,14,17-18,23H,8-13H2,1-2H3/t17-,18-/m0/s1. The number of benzene rings is 1. The average molecular weight is 340 g/mol. The molecule has 1 aromatic heterocycles. The molecule has 1 saturated carbocycles. The van der Waals surface area contributed by atoms with Crippen LogP contribution >= 0.6 is 0 Å². The Morgan fingerprint density at radius 3 is 2.88 bits per heavy atom. The van der Waals surface area contributed by atoms with Crippen molar-refractivity contribution in [2.75, 3.05) is 25.5 Å². The van der Waals surface area contributed by atoms with E-state index in [0.29, 0.717) is 6.54 Å². The molecule has 25 heavy (non-hydrogen) atoms. The number of alkyl halides is 1. The van der Waals surface area contributed by atoms with E-state index in [1.165, 1.54) is 18.4 Å². The molecule has 4 heteroatoms. The second-order valence-corrected chi connectivity index (χ2v) is 7.43. The summed E-state index contributed by atoms with van der Waals surface area (Å²) in [7, 11) is 1.97. The first-order valence-electron chi connectivity index (χ1n) is 9.22. The van der Waals surface area contributed by atoms with Crippen LogP contribution < -0.4 is 5.32 Å². The Bertz CT molecular complexity index is 828. The minimum absolute atomic E-state index is 0.167. The molecule has 2 fully saturated rings. The molecule has 1 aromatic carbocycles. The zero-order valence-electron chi connectivity index (χ0n) is 14.9. The van der Waals surface area contributed by atoms with Gasteiger partial charge in [0.15, 0.2) is 11.3 Å². The summed E-state index contributed by atoms with van der Waals surface area (Å²) in [5.41, 5.74) is 2.92. The van der Waals surface area contributed by atoms with Gasteiger partial charge in [0, 0.05) is 24.0 Å². The fourth-order valence-corrected chi connectivity index (χ4v) is 3.73. The monoisotopic (exact) mass is 340 g/mol. The fourth-order valence-electron chi connectivity index (χ4n) is 3.73. The van der Waals surface area contributed by atoms with Crippen LogP contribution in [0.2, 0.25) is 0 Å². The third-order valence-corrected chi connectivity index (χ3v) is 5.33. The number of furan rings is 1. The highest BCUT2D eigenvalue weighted by atomic mass is 19.1. The van der Waals surface area contributed by atoms with Crippen molar-refractivity contribution in [2.24, 2.45) is 5.92 Å². The van der Waals surface area contributed by atoms with Gasteiger partial charge in [-0.3, -0.25) is 0 Å². The Hall–Kier alpha value is -1.99. The maximum atomic E-state index is 14.4. The van der Waals surface area contributed by atoms with E-state index in [1.807, 2.05) is 31.0 Å². The molecule has 1 N–H and O–H groups in total. The number of hydrogen-bond acceptors (Lipinski definition) is 3. The number of fused-ring (bicyclic) bond motifs is 1. The van der Waals surface area contributed by atoms with Crippen molar-refractivity contribution in [2.45, 2.75) is 44.8 Å². The predicted molar refractivity (Wildman–Crippen MR) is 99.6 cm³/mol. The minimum Gasteiger partial charge on any atom is -0.445 e. The summed E-state index contributed by atoms with van der Waals surface area (Å²) in [6.45, 7) is 3.22. The average Bonchev–Trinajstić information content (AvgIpc) is 3.34. The molecule has 1 saturated heterocycles. The molecule has 0 amide bonds. The number of rotatable bonds is 4. The molecule has 2 atom stereocenters. The van der Waals surface area contributed by atoms with E-state index in [1.54, 1.807) is 0 Å². The molecule has 2 heterocycles. The highest BCUT2D eigenvalue weighted by Crippen LogP contribution is 2.39. The SMILES string of the molecule is CC#Cc1oc2c(N[C@H]3CCN(C)C[C@@H]3F)cccc2c1CC1CC1. The first-order chi connectivity index (χ1) is 12.2. The first-order valence-corrected chi connectivity index (χ1v) is 9.22. The number of nitrogens with one attached hydrogen (secondary N) is 1. The van der Waals surface area contributed by atoms with Crippen molar-refractivity contribution < 1.29 is 8.81 Å². The van der Waals surface area contributed by atoms with Crippen LogP contribution in [0.1, 0.15) is 37.5 Å². The quantitative estimate of drug-likeness (QED) is 0.845. The zero-order chi connectivity index (χ0) is 17.4. The van der Waals surface area contributed by atoms with Gasteiger partial charge in [-0.1, -0.05) is 18.1 Å². The predicted octanol–water partition coefficient (Wildman–Crippen LogP) is 4.21. The van der Waals surface area contributed by atoms with Gasteiger partial charge in [-0.05, 0) is 57.6 Å². The van der Waals surface area contributed by atoms with Crippen molar-refractivity contribution in [3.63, 3.8) is 0 Å². The largest absolute Gasteiger partial charge is 0.445 e. The summed E-state index contributed by atoms with van der Waals surface area (Å²) >= 11 is 0. The van der Waals surface area contributed by atoms with Crippen molar-refractivity contribution in [1.29, 1.82) is 0 Å². The fraction of sp³-hybridized carbons (Fsp3) is 0.524. The van der Waals surface area contributed by atoms with Gasteiger partial charge in [0.25, 0.3) is 0 Å². The van der Waals surface area contributed by atoms with Gasteiger partial charge in [0.1, 0.15) is 6.17 Å². The second-order valence-electron chi connectivity index (χ2n) is 7.43. The van der Waals surface area contributed by atoms with Crippen LogP contribution in [-0.4, -0.2) is 37.3 Å². The molecule has 1 aliphatic carbocycles. The maximum Gasteiger partial charge on any atom is 0.181 e. The van der Waals surface area contributed by atoms with E-state index in [0.717, 1.165) is 47.7 Å². The lowest BCUT2D eigenvalue weighted by molar-refractivity contribution is 0.149. The van der Waals surface area contributed by atoms with Gasteiger partial charge < -0.3 is 14.6 Å². The molecular weight excluding hydrogens is 315 g/mol. The Balaban J connectivity index is 1.68. The van der Waals surface area contributed by atoms with E-state index in [2.05, 4.69) is 23.2 Å². The van der Waals surface area contributed by atoms with E-state index < -0.39 is 6.17 Å². The van der Waals surface area contributed by atoms with Crippen LogP contribution in [0.25, 0.3) is 11.0 Å². The highest BCUT2D eigenvalue weighted by Gasteiger charge is 2.29. The second kappa shape index (κ2) is 6.72. The molecular formula is C21H25FN2O. The van der Waals surface area contributed by atoms with Gasteiger partial charge in [0.05, 0.1) is 11.7 Å². The lowest BCUT2D eigenvalue weighted by Gasteiger charge is -2.33. The number of likely N-dealkylation sites (tertiary alicyclic amines) is 1. The molecule has 2 aromatic rings. The number of piperidine rings is 1. The molecule has 3 nitrogen and oxygen atoms in total. The molecule has 0 unspecified atom stereocenters. The summed E-state index contributed by atoms with van der Waals surface area (Å²) in [6, 6.07) is 5.95. The third-order valence-electron chi connectivity index (χ3n) is 5.33. The van der Waals surface area contributed by atoms with Crippen molar-refractivity contribution in [1.82, 2.24) is 4.90 Å². The van der Waals surface area contributed by atoms with Gasteiger partial charge in [-0.25, -0.2) is 4.39 Å². The summed E-state index contributed by atoms with van der Waals surface area (Å²) in [6.07, 6.45) is 3.54. The minimum atomic E-state index is -0.871. The van der Waals surface area contributed by atoms with E-state index >= 15 is 0 Å². The number of anilines is 1. The summed E-state index contributed by atoms with van der Waals surface area (Å²) < 4.78 is 20.5. The normalized spacial score (nSPS) is 24.1. The lowest BCUT2D eigenvalue weighted by atomic mass is 10.0. The van der Waals surface area contributed by atoms with Gasteiger partial charge in [-0.15, -0.1) is 0 Å². The van der Waals surface area contributed by atoms with Gasteiger partial charge in [0.2, 0.25) is 0 Å². The molecule has 4 rings (SSSR count). The van der Waals surface area contributed by atoms with Crippen molar-refractivity contribution in [3.8, 4) is 11.8 Å². The zero-order valence-corrected chi connectivity index (χ0v) is 14.9. The summed E-state index contributed by atoms with van der Waals surface area (Å²) in [5, 5.41) is 4.53. The molecule has 0 bridgehead atoms. The van der Waals surface area contributed by atoms with Crippen molar-refractivity contribution >= 4 is 16.7 Å². The number of para-hydroxylation sites is 1. The smallest absolute Gasteiger partial charge is 0.181 e. The van der Waals surface area contributed by atoms with Gasteiger partial charge >= 0.3 is 0 Å². The Kier molecular flexibility index (Phi) is 4.43. The number of nitrogens with zero attached hydrogens (tertiary/aromatic N) is 1. The molecule has 2 aliphatic rings. The number of halogens is 1. The van der Waals surface area contributed by atoms with Crippen LogP contribution in [0, 0.1) is 17.8 Å². The van der Waals surface area contributed by atoms with Crippen LogP contribution in [0.4, 0.5) is 10.1 Å². The topological polar surface area (TPSA) is 28.4 Å². The molecule has 1 aliphatic heterocycles. The van der Waals surface area contributed by atoms with Crippen LogP contribution in [0.15, 0.2) is 22.6 Å². The van der Waals surface area contributed by atoms with E-state index in [-0.39, 0.29) is 6.04 Å². The third kappa shape index (κ3) is 3.39. The Labute approximate surface area is 148 Å². The summed E-state index contributed by atoms with van der Waals surface area (Å²) in [5.74, 6) is 7.62. The van der Waals surface area contributed by atoms with Gasteiger partial charge in [-0.2, -0.15) is 0 Å². The molecule has 132 valence electrons. The molecule has 0 spiro atoms. The first kappa shape index (κ1) is 16.5. The van der Waals surface area contributed by atoms with Crippen molar-refractivity contribution in [3.05, 3.63) is 29.5 Å². The van der Waals surface area contributed by atoms with E-state index in [9.17, 15) is 4.39 Å². The highest BCUT2D eigenvalue weighted by molar-refractivity contribution is 5.93. The van der Waals surface area contributed by atoms with Crippen LogP contribution in [0.5, 0.6) is 0 Å². The number of hydrogen-bond donors (Lipinski definition) is 1. The Morgan fingerprint density at radius 1 is 1.32 bits per heavy atom. The Morgan fingerprint density at radius 2 is 2.16 bits per heavy atom. The van der Waals surface area contributed by atoms with Crippen LogP contribution in [0.3, 0.4) is 0 Å².